The van der Waals surface area contributed by atoms with Crippen LogP contribution in [0.4, 0.5) is 10.1 Å². The van der Waals surface area contributed by atoms with Gasteiger partial charge in [-0.15, -0.1) is 0 Å². The van der Waals surface area contributed by atoms with Crippen LogP contribution in [0.2, 0.25) is 10.0 Å². The molecule has 2 aromatic rings. The lowest BCUT2D eigenvalue weighted by Crippen LogP contribution is -2.32. The monoisotopic (exact) mass is 398 g/mol. The van der Waals surface area contributed by atoms with Gasteiger partial charge in [-0.1, -0.05) is 35.3 Å². The van der Waals surface area contributed by atoms with Crippen LogP contribution in [-0.4, -0.2) is 30.9 Å². The minimum atomic E-state index is -0.838. The standard InChI is InChI=1S/C17H13Cl2FN2O4/c18-12-5-2-6-13(19)16(12)22-14(23)9-26-15(24)8-21-17(25)10-3-1-4-11(20)7-10/h1-7H,8-9H2,(H,21,25)(H,22,23). The molecule has 0 aliphatic heterocycles. The van der Waals surface area contributed by atoms with Crippen LogP contribution in [0.5, 0.6) is 0 Å². The molecule has 0 aliphatic carbocycles. The third-order valence-corrected chi connectivity index (χ3v) is 3.70. The third-order valence-electron chi connectivity index (χ3n) is 3.07. The molecule has 2 rings (SSSR count). The number of ether oxygens (including phenoxy) is 1. The maximum absolute atomic E-state index is 13.0. The van der Waals surface area contributed by atoms with E-state index in [4.69, 9.17) is 27.9 Å². The van der Waals surface area contributed by atoms with Crippen LogP contribution >= 0.6 is 23.2 Å². The molecule has 0 atom stereocenters. The molecule has 0 aliphatic rings. The first-order chi connectivity index (χ1) is 12.4. The van der Waals surface area contributed by atoms with E-state index >= 15 is 0 Å². The Labute approximate surface area is 158 Å². The van der Waals surface area contributed by atoms with E-state index in [0.717, 1.165) is 6.07 Å². The Balaban J connectivity index is 1.78. The number of carbonyl (C=O) groups excluding carboxylic acids is 3. The van der Waals surface area contributed by atoms with Crippen LogP contribution in [0.1, 0.15) is 10.4 Å². The lowest BCUT2D eigenvalue weighted by Gasteiger charge is -2.10. The summed E-state index contributed by atoms with van der Waals surface area (Å²) in [5.41, 5.74) is 0.264. The Bertz CT molecular complexity index is 825. The van der Waals surface area contributed by atoms with Crippen LogP contribution in [-0.2, 0) is 14.3 Å². The molecule has 26 heavy (non-hydrogen) atoms. The van der Waals surface area contributed by atoms with Gasteiger partial charge in [0.15, 0.2) is 6.61 Å². The SMILES string of the molecule is O=C(COC(=O)CNC(=O)c1cccc(F)c1)Nc1c(Cl)cccc1Cl. The van der Waals surface area contributed by atoms with E-state index in [1.165, 1.54) is 30.3 Å². The van der Waals surface area contributed by atoms with Crippen molar-refractivity contribution in [3.63, 3.8) is 0 Å². The summed E-state index contributed by atoms with van der Waals surface area (Å²) in [7, 11) is 0. The predicted octanol–water partition coefficient (Wildman–Crippen LogP) is 3.04. The number of carbonyl (C=O) groups is 3. The second-order valence-corrected chi connectivity index (χ2v) is 5.81. The molecule has 0 fully saturated rings. The van der Waals surface area contributed by atoms with Gasteiger partial charge in [0.25, 0.3) is 11.8 Å². The summed E-state index contributed by atoms with van der Waals surface area (Å²) >= 11 is 11.8. The van der Waals surface area contributed by atoms with Gasteiger partial charge in [-0.2, -0.15) is 0 Å². The van der Waals surface area contributed by atoms with Gasteiger partial charge >= 0.3 is 5.97 Å². The van der Waals surface area contributed by atoms with E-state index < -0.39 is 36.8 Å². The lowest BCUT2D eigenvalue weighted by atomic mass is 10.2. The van der Waals surface area contributed by atoms with E-state index in [2.05, 4.69) is 10.6 Å². The van der Waals surface area contributed by atoms with Crippen molar-refractivity contribution in [3.8, 4) is 0 Å². The summed E-state index contributed by atoms with van der Waals surface area (Å²) in [4.78, 5) is 35.1. The Hall–Kier alpha value is -2.64. The highest BCUT2D eigenvalue weighted by molar-refractivity contribution is 6.39. The number of para-hydroxylation sites is 1. The van der Waals surface area contributed by atoms with Crippen molar-refractivity contribution < 1.29 is 23.5 Å². The molecule has 0 radical (unpaired) electrons. The molecule has 2 amide bonds. The van der Waals surface area contributed by atoms with Gasteiger partial charge in [0.1, 0.15) is 12.4 Å². The fourth-order valence-electron chi connectivity index (χ4n) is 1.87. The summed E-state index contributed by atoms with van der Waals surface area (Å²) in [5.74, 6) is -2.70. The molecule has 0 unspecified atom stereocenters. The molecule has 0 heterocycles. The summed E-state index contributed by atoms with van der Waals surface area (Å²) in [6, 6.07) is 9.67. The van der Waals surface area contributed by atoms with Gasteiger partial charge in [-0.25, -0.2) is 4.39 Å². The summed E-state index contributed by atoms with van der Waals surface area (Å²) in [5, 5.41) is 5.16. The first-order valence-corrected chi connectivity index (χ1v) is 8.05. The zero-order valence-corrected chi connectivity index (χ0v) is 14.7. The quantitative estimate of drug-likeness (QED) is 0.732. The van der Waals surface area contributed by atoms with Gasteiger partial charge in [0.2, 0.25) is 0 Å². The van der Waals surface area contributed by atoms with Crippen molar-refractivity contribution in [2.75, 3.05) is 18.5 Å². The molecular formula is C17H13Cl2FN2O4. The van der Waals surface area contributed by atoms with E-state index in [9.17, 15) is 18.8 Å². The number of amides is 2. The number of hydrogen-bond donors (Lipinski definition) is 2. The first-order valence-electron chi connectivity index (χ1n) is 7.30. The maximum atomic E-state index is 13.0. The molecule has 9 heteroatoms. The summed E-state index contributed by atoms with van der Waals surface area (Å²) in [6.45, 7) is -1.06. The summed E-state index contributed by atoms with van der Waals surface area (Å²) < 4.78 is 17.8. The number of esters is 1. The highest BCUT2D eigenvalue weighted by atomic mass is 35.5. The molecule has 0 bridgehead atoms. The predicted molar refractivity (Wildman–Crippen MR) is 94.8 cm³/mol. The van der Waals surface area contributed by atoms with Crippen LogP contribution < -0.4 is 10.6 Å². The fourth-order valence-corrected chi connectivity index (χ4v) is 2.37. The van der Waals surface area contributed by atoms with Gasteiger partial charge in [-0.05, 0) is 30.3 Å². The fraction of sp³-hybridized carbons (Fsp3) is 0.118. The van der Waals surface area contributed by atoms with E-state index in [1.54, 1.807) is 6.07 Å². The second-order valence-electron chi connectivity index (χ2n) is 5.00. The number of benzene rings is 2. The van der Waals surface area contributed by atoms with Gasteiger partial charge in [-0.3, -0.25) is 14.4 Å². The average molecular weight is 399 g/mol. The molecule has 6 nitrogen and oxygen atoms in total. The zero-order valence-electron chi connectivity index (χ0n) is 13.2. The van der Waals surface area contributed by atoms with Crippen molar-refractivity contribution >= 4 is 46.7 Å². The zero-order chi connectivity index (χ0) is 19.1. The van der Waals surface area contributed by atoms with Crippen LogP contribution in [0.15, 0.2) is 42.5 Å². The highest BCUT2D eigenvalue weighted by Crippen LogP contribution is 2.29. The van der Waals surface area contributed by atoms with Crippen LogP contribution in [0.3, 0.4) is 0 Å². The summed E-state index contributed by atoms with van der Waals surface area (Å²) in [6.07, 6.45) is 0. The minimum Gasteiger partial charge on any atom is -0.454 e. The Morgan fingerprint density at radius 1 is 1.04 bits per heavy atom. The van der Waals surface area contributed by atoms with Crippen LogP contribution in [0.25, 0.3) is 0 Å². The molecule has 2 N–H and O–H groups in total. The van der Waals surface area contributed by atoms with Gasteiger partial charge < -0.3 is 15.4 Å². The molecule has 2 aromatic carbocycles. The maximum Gasteiger partial charge on any atom is 0.325 e. The van der Waals surface area contributed by atoms with E-state index in [-0.39, 0.29) is 21.3 Å². The number of halogens is 3. The van der Waals surface area contributed by atoms with Crippen molar-refractivity contribution in [1.29, 1.82) is 0 Å². The molecule has 0 aromatic heterocycles. The average Bonchev–Trinajstić information content (AvgIpc) is 2.61. The molecule has 0 saturated heterocycles. The molecule has 0 spiro atoms. The molecule has 0 saturated carbocycles. The Kier molecular flexibility index (Phi) is 6.94. The first kappa shape index (κ1) is 19.7. The third kappa shape index (κ3) is 5.72. The van der Waals surface area contributed by atoms with Crippen molar-refractivity contribution in [2.45, 2.75) is 0 Å². The number of anilines is 1. The highest BCUT2D eigenvalue weighted by Gasteiger charge is 2.13. The topological polar surface area (TPSA) is 84.5 Å². The van der Waals surface area contributed by atoms with E-state index in [0.29, 0.717) is 0 Å². The Morgan fingerprint density at radius 2 is 1.69 bits per heavy atom. The van der Waals surface area contributed by atoms with Crippen LogP contribution in [0, 0.1) is 5.82 Å². The second kappa shape index (κ2) is 9.17. The van der Waals surface area contributed by atoms with E-state index in [1.807, 2.05) is 0 Å². The van der Waals surface area contributed by atoms with Crippen molar-refractivity contribution in [3.05, 3.63) is 63.9 Å². The van der Waals surface area contributed by atoms with Crippen molar-refractivity contribution in [2.24, 2.45) is 0 Å². The smallest absolute Gasteiger partial charge is 0.325 e. The normalized spacial score (nSPS) is 10.1. The number of nitrogens with one attached hydrogen (secondary N) is 2. The number of hydrogen-bond acceptors (Lipinski definition) is 4. The lowest BCUT2D eigenvalue weighted by molar-refractivity contribution is -0.146. The number of rotatable bonds is 6. The Morgan fingerprint density at radius 3 is 2.35 bits per heavy atom. The van der Waals surface area contributed by atoms with Gasteiger partial charge in [0, 0.05) is 5.56 Å². The minimum absolute atomic E-state index is 0.0592. The largest absolute Gasteiger partial charge is 0.454 e. The molecular weight excluding hydrogens is 386 g/mol. The van der Waals surface area contributed by atoms with Gasteiger partial charge in [0.05, 0.1) is 15.7 Å². The molecule has 136 valence electrons. The van der Waals surface area contributed by atoms with Crippen molar-refractivity contribution in [1.82, 2.24) is 5.32 Å².